The number of carbonyl (C=O) groups is 2. The molecule has 0 saturated heterocycles. The average Bonchev–Trinajstić information content (AvgIpc) is 2.70. The Morgan fingerprint density at radius 3 is 2.14 bits per heavy atom. The number of ether oxygens (including phenoxy) is 2. The Morgan fingerprint density at radius 2 is 1.64 bits per heavy atom. The third kappa shape index (κ3) is 8.71. The summed E-state index contributed by atoms with van der Waals surface area (Å²) in [5, 5.41) is 5.32. The number of rotatable bonds is 3. The highest BCUT2D eigenvalue weighted by molar-refractivity contribution is 7.92. The van der Waals surface area contributed by atoms with Gasteiger partial charge in [-0.15, -0.1) is 0 Å². The molecular weight excluding hydrogens is 489 g/mol. The summed E-state index contributed by atoms with van der Waals surface area (Å²) in [6.07, 6.45) is -0.655. The largest absolute Gasteiger partial charge is 0.489 e. The average molecular weight is 524 g/mol. The molecule has 9 nitrogen and oxygen atoms in total. The zero-order valence-electron chi connectivity index (χ0n) is 21.6. The monoisotopic (exact) mass is 523 g/mol. The molecule has 0 spiro atoms. The molecule has 2 amide bonds. The van der Waals surface area contributed by atoms with Crippen LogP contribution in [0.25, 0.3) is 0 Å². The number of nitrogens with zero attached hydrogens (tertiary/aromatic N) is 1. The van der Waals surface area contributed by atoms with Gasteiger partial charge in [0.05, 0.1) is 17.1 Å². The van der Waals surface area contributed by atoms with Crippen LogP contribution in [0.15, 0.2) is 47.4 Å². The molecular formula is C25H34FN3O6S. The van der Waals surface area contributed by atoms with Crippen LogP contribution < -0.4 is 19.7 Å². The lowest BCUT2D eigenvalue weighted by Crippen LogP contribution is -2.38. The topological polar surface area (TPSA) is 114 Å². The summed E-state index contributed by atoms with van der Waals surface area (Å²) in [7, 11) is -3.92. The third-order valence-corrected chi connectivity index (χ3v) is 6.20. The summed E-state index contributed by atoms with van der Waals surface area (Å²) in [5.74, 6) is -0.130. The number of halogens is 1. The molecule has 11 heteroatoms. The maximum atomic E-state index is 13.2. The number of nitrogens with one attached hydrogen (secondary N) is 2. The fourth-order valence-electron chi connectivity index (χ4n) is 3.20. The van der Waals surface area contributed by atoms with Gasteiger partial charge in [0.1, 0.15) is 23.8 Å². The van der Waals surface area contributed by atoms with Crippen LogP contribution in [0.4, 0.5) is 20.6 Å². The Bertz CT molecular complexity index is 1190. The predicted octanol–water partition coefficient (Wildman–Crippen LogP) is 4.68. The van der Waals surface area contributed by atoms with Crippen LogP contribution in [0.3, 0.4) is 0 Å². The van der Waals surface area contributed by atoms with Crippen LogP contribution in [-0.4, -0.2) is 44.7 Å². The molecule has 0 saturated carbocycles. The van der Waals surface area contributed by atoms with Crippen molar-refractivity contribution in [3.05, 3.63) is 48.3 Å². The number of sulfonamides is 1. The zero-order valence-corrected chi connectivity index (χ0v) is 22.5. The number of benzene rings is 2. The summed E-state index contributed by atoms with van der Waals surface area (Å²) >= 11 is 0. The van der Waals surface area contributed by atoms with Crippen LogP contribution in [0.5, 0.6) is 5.75 Å². The van der Waals surface area contributed by atoms with E-state index in [0.717, 1.165) is 12.1 Å². The Balaban J connectivity index is 0.000000493. The van der Waals surface area contributed by atoms with Gasteiger partial charge >= 0.3 is 6.09 Å². The van der Waals surface area contributed by atoms with Crippen molar-refractivity contribution < 1.29 is 31.9 Å². The van der Waals surface area contributed by atoms with E-state index in [0.29, 0.717) is 11.4 Å². The van der Waals surface area contributed by atoms with Gasteiger partial charge in [-0.3, -0.25) is 14.4 Å². The van der Waals surface area contributed by atoms with E-state index in [-0.39, 0.29) is 35.2 Å². The summed E-state index contributed by atoms with van der Waals surface area (Å²) in [5.41, 5.74) is -0.104. The van der Waals surface area contributed by atoms with Gasteiger partial charge in [0.15, 0.2) is 0 Å². The van der Waals surface area contributed by atoms with Crippen LogP contribution in [-0.2, 0) is 19.6 Å². The van der Waals surface area contributed by atoms with Crippen molar-refractivity contribution in [2.45, 2.75) is 64.5 Å². The van der Waals surface area contributed by atoms with Gasteiger partial charge in [0, 0.05) is 18.2 Å². The molecule has 1 heterocycles. The van der Waals surface area contributed by atoms with E-state index in [1.807, 2.05) is 20.8 Å². The van der Waals surface area contributed by atoms with E-state index in [9.17, 15) is 22.4 Å². The highest BCUT2D eigenvalue weighted by atomic mass is 32.2. The van der Waals surface area contributed by atoms with Gasteiger partial charge in [-0.25, -0.2) is 17.6 Å². The first-order valence-corrected chi connectivity index (χ1v) is 12.8. The van der Waals surface area contributed by atoms with Crippen molar-refractivity contribution in [3.8, 4) is 5.75 Å². The molecule has 2 N–H and O–H groups in total. The Morgan fingerprint density at radius 1 is 1.03 bits per heavy atom. The van der Waals surface area contributed by atoms with E-state index in [2.05, 4.69) is 10.6 Å². The normalized spacial score (nSPS) is 13.4. The summed E-state index contributed by atoms with van der Waals surface area (Å²) in [4.78, 5) is 22.3. The van der Waals surface area contributed by atoms with E-state index >= 15 is 0 Å². The molecule has 0 aliphatic carbocycles. The molecule has 36 heavy (non-hydrogen) atoms. The molecule has 198 valence electrons. The number of carbonyl (C=O) groups excluding carboxylic acids is 2. The fourth-order valence-corrected chi connectivity index (χ4v) is 4.66. The van der Waals surface area contributed by atoms with Crippen LogP contribution >= 0.6 is 0 Å². The second-order valence-corrected chi connectivity index (χ2v) is 12.0. The molecule has 2 aromatic carbocycles. The Hall–Kier alpha value is -3.34. The quantitative estimate of drug-likeness (QED) is 0.604. The SMILES string of the molecule is CC(=O)NC(C)(C)C.CC(C)(C)OC(=O)Nc1ccc2c(c1)N(S(=O)(=O)c1ccc(F)cc1)CCO2. The lowest BCUT2D eigenvalue weighted by atomic mass is 10.1. The maximum absolute atomic E-state index is 13.2. The summed E-state index contributed by atoms with van der Waals surface area (Å²) < 4.78 is 51.1. The number of hydrogen-bond acceptors (Lipinski definition) is 6. The van der Waals surface area contributed by atoms with Gasteiger partial charge in [-0.1, -0.05) is 0 Å². The highest BCUT2D eigenvalue weighted by Gasteiger charge is 2.30. The Kier molecular flexibility index (Phi) is 8.95. The van der Waals surface area contributed by atoms with Crippen molar-refractivity contribution in [3.63, 3.8) is 0 Å². The molecule has 0 bridgehead atoms. The highest BCUT2D eigenvalue weighted by Crippen LogP contribution is 2.37. The number of anilines is 2. The van der Waals surface area contributed by atoms with E-state index in [1.54, 1.807) is 32.9 Å². The van der Waals surface area contributed by atoms with Crippen molar-refractivity contribution in [2.24, 2.45) is 0 Å². The van der Waals surface area contributed by atoms with Crippen molar-refractivity contribution >= 4 is 33.4 Å². The number of hydrogen-bond donors (Lipinski definition) is 2. The third-order valence-electron chi connectivity index (χ3n) is 4.38. The summed E-state index contributed by atoms with van der Waals surface area (Å²) in [6.45, 7) is 12.9. The first-order valence-electron chi connectivity index (χ1n) is 11.3. The minimum absolute atomic E-state index is 0.0255. The molecule has 0 atom stereocenters. The van der Waals surface area contributed by atoms with Gasteiger partial charge in [-0.05, 0) is 84.0 Å². The predicted molar refractivity (Wildman–Crippen MR) is 136 cm³/mol. The van der Waals surface area contributed by atoms with Gasteiger partial charge < -0.3 is 14.8 Å². The standard InChI is InChI=1S/C19H21FN2O5S.C6H13NO/c1-19(2,3)27-18(23)21-14-6-9-17-16(12-14)22(10-11-26-17)28(24,25)15-7-4-13(20)5-8-15;1-5(8)7-6(2,3)4/h4-9,12H,10-11H2,1-3H3,(H,21,23);1-4H3,(H,7,8). The first kappa shape index (κ1) is 28.9. The lowest BCUT2D eigenvalue weighted by molar-refractivity contribution is -0.120. The number of fused-ring (bicyclic) bond motifs is 1. The van der Waals surface area contributed by atoms with Gasteiger partial charge in [0.2, 0.25) is 5.91 Å². The molecule has 0 fully saturated rings. The van der Waals surface area contributed by atoms with Crippen molar-refractivity contribution in [2.75, 3.05) is 22.8 Å². The van der Waals surface area contributed by atoms with Crippen molar-refractivity contribution in [1.82, 2.24) is 5.32 Å². The summed E-state index contributed by atoms with van der Waals surface area (Å²) in [6, 6.07) is 9.28. The van der Waals surface area contributed by atoms with Crippen LogP contribution in [0.2, 0.25) is 0 Å². The van der Waals surface area contributed by atoms with Gasteiger partial charge in [-0.2, -0.15) is 0 Å². The Labute approximate surface area is 212 Å². The van der Waals surface area contributed by atoms with Crippen LogP contribution in [0, 0.1) is 5.82 Å². The molecule has 1 aliphatic heterocycles. The molecule has 3 rings (SSSR count). The second kappa shape index (κ2) is 11.2. The van der Waals surface area contributed by atoms with Crippen LogP contribution in [0.1, 0.15) is 48.5 Å². The molecule has 0 radical (unpaired) electrons. The van der Waals surface area contributed by atoms with Gasteiger partial charge in [0.25, 0.3) is 10.0 Å². The number of amides is 2. The minimum atomic E-state index is -3.92. The molecule has 0 unspecified atom stereocenters. The lowest BCUT2D eigenvalue weighted by Gasteiger charge is -2.31. The first-order chi connectivity index (χ1) is 16.5. The molecule has 1 aliphatic rings. The van der Waals surface area contributed by atoms with Crippen molar-refractivity contribution in [1.29, 1.82) is 0 Å². The zero-order chi connectivity index (χ0) is 27.3. The van der Waals surface area contributed by atoms with E-state index in [1.165, 1.54) is 29.4 Å². The molecule has 0 aromatic heterocycles. The second-order valence-electron chi connectivity index (χ2n) is 10.1. The fraction of sp³-hybridized carbons (Fsp3) is 0.440. The minimum Gasteiger partial charge on any atom is -0.489 e. The van der Waals surface area contributed by atoms with E-state index in [4.69, 9.17) is 9.47 Å². The smallest absolute Gasteiger partial charge is 0.412 e. The molecule has 2 aromatic rings. The van der Waals surface area contributed by atoms with E-state index < -0.39 is 27.5 Å². The maximum Gasteiger partial charge on any atom is 0.412 e.